The van der Waals surface area contributed by atoms with Crippen molar-refractivity contribution in [1.29, 1.82) is 0 Å². The van der Waals surface area contributed by atoms with Gasteiger partial charge < -0.3 is 10.6 Å². The predicted octanol–water partition coefficient (Wildman–Crippen LogP) is 0.611. The fourth-order valence-corrected chi connectivity index (χ4v) is 2.50. The van der Waals surface area contributed by atoms with Crippen molar-refractivity contribution in [2.45, 2.75) is 25.0 Å². The number of carbonyl (C=O) groups excluding carboxylic acids is 1. The van der Waals surface area contributed by atoms with E-state index in [-0.39, 0.29) is 5.91 Å². The largest absolute Gasteiger partial charge is 0.344 e. The van der Waals surface area contributed by atoms with Crippen LogP contribution in [0.15, 0.2) is 0 Å². The molecule has 0 radical (unpaired) electrons. The number of hydrogen-bond acceptors (Lipinski definition) is 3. The number of thioether (sulfide) groups is 1. The van der Waals surface area contributed by atoms with Gasteiger partial charge in [-0.3, -0.25) is 4.79 Å². The Bertz CT molecular complexity index is 251. The summed E-state index contributed by atoms with van der Waals surface area (Å²) in [5, 5.41) is 6.73. The maximum Gasteiger partial charge on any atom is 0.230 e. The van der Waals surface area contributed by atoms with Gasteiger partial charge in [0.25, 0.3) is 0 Å². The summed E-state index contributed by atoms with van der Waals surface area (Å²) in [6.07, 6.45) is 2.35. The molecule has 4 heteroatoms. The summed E-state index contributed by atoms with van der Waals surface area (Å²) in [6.45, 7) is 4.42. The summed E-state index contributed by atoms with van der Waals surface area (Å²) in [7, 11) is 0. The fraction of sp³-hybridized carbons (Fsp3) is 0.727. The quantitative estimate of drug-likeness (QED) is 0.690. The normalized spacial score (nSPS) is 16.6. The van der Waals surface area contributed by atoms with Crippen LogP contribution in [-0.4, -0.2) is 36.5 Å². The van der Waals surface area contributed by atoms with Gasteiger partial charge >= 0.3 is 0 Å². The van der Waals surface area contributed by atoms with E-state index in [4.69, 9.17) is 0 Å². The van der Waals surface area contributed by atoms with E-state index in [2.05, 4.69) is 22.5 Å². The van der Waals surface area contributed by atoms with Crippen molar-refractivity contribution in [1.82, 2.24) is 10.6 Å². The molecule has 0 aliphatic carbocycles. The molecule has 1 aliphatic rings. The Hall–Kier alpha value is -0.660. The van der Waals surface area contributed by atoms with Gasteiger partial charge in [-0.05, 0) is 32.9 Å². The predicted molar refractivity (Wildman–Crippen MR) is 64.8 cm³/mol. The van der Waals surface area contributed by atoms with Crippen LogP contribution >= 0.6 is 11.8 Å². The van der Waals surface area contributed by atoms with Crippen LogP contribution in [0.5, 0.6) is 0 Å². The van der Waals surface area contributed by atoms with Crippen LogP contribution in [-0.2, 0) is 4.79 Å². The minimum Gasteiger partial charge on any atom is -0.344 e. The second-order valence-corrected chi connectivity index (χ2v) is 4.75. The second-order valence-electron chi connectivity index (χ2n) is 3.46. The zero-order valence-corrected chi connectivity index (χ0v) is 9.95. The Morgan fingerprint density at radius 3 is 2.93 bits per heavy atom. The van der Waals surface area contributed by atoms with Gasteiger partial charge in [-0.2, -0.15) is 0 Å². The van der Waals surface area contributed by atoms with Gasteiger partial charge in [-0.25, -0.2) is 0 Å². The third kappa shape index (κ3) is 5.71. The highest BCUT2D eigenvalue weighted by molar-refractivity contribution is 8.00. The maximum absolute atomic E-state index is 11.3. The number of rotatable bonds is 4. The molecule has 1 saturated heterocycles. The van der Waals surface area contributed by atoms with Crippen LogP contribution in [0, 0.1) is 11.8 Å². The first-order valence-corrected chi connectivity index (χ1v) is 6.36. The Labute approximate surface area is 95.8 Å². The lowest BCUT2D eigenvalue weighted by Crippen LogP contribution is -2.31. The van der Waals surface area contributed by atoms with E-state index in [1.165, 1.54) is 12.8 Å². The molecule has 1 heterocycles. The van der Waals surface area contributed by atoms with E-state index in [1.54, 1.807) is 18.7 Å². The molecule has 2 N–H and O–H groups in total. The van der Waals surface area contributed by atoms with E-state index < -0.39 is 0 Å². The maximum atomic E-state index is 11.3. The molecule has 0 bridgehead atoms. The lowest BCUT2D eigenvalue weighted by Gasteiger charge is -2.21. The summed E-state index contributed by atoms with van der Waals surface area (Å²) in [4.78, 5) is 11.3. The van der Waals surface area contributed by atoms with Crippen molar-refractivity contribution < 1.29 is 4.79 Å². The number of piperidine rings is 1. The zero-order valence-electron chi connectivity index (χ0n) is 9.14. The number of amides is 1. The van der Waals surface area contributed by atoms with Crippen LogP contribution in [0.4, 0.5) is 0 Å². The van der Waals surface area contributed by atoms with Gasteiger partial charge in [0.2, 0.25) is 5.91 Å². The van der Waals surface area contributed by atoms with Crippen LogP contribution in [0.2, 0.25) is 0 Å². The first kappa shape index (κ1) is 12.4. The average Bonchev–Trinajstić information content (AvgIpc) is 2.28. The molecular formula is C11H18N2OS. The topological polar surface area (TPSA) is 41.1 Å². The van der Waals surface area contributed by atoms with Crippen LogP contribution in [0.3, 0.4) is 0 Å². The minimum absolute atomic E-state index is 0.0984. The highest BCUT2D eigenvalue weighted by Crippen LogP contribution is 2.19. The summed E-state index contributed by atoms with van der Waals surface area (Å²) < 4.78 is 0. The summed E-state index contributed by atoms with van der Waals surface area (Å²) in [5.41, 5.74) is 0. The molecule has 0 aromatic carbocycles. The summed E-state index contributed by atoms with van der Waals surface area (Å²) in [5.74, 6) is 6.23. The summed E-state index contributed by atoms with van der Waals surface area (Å²) >= 11 is 1.76. The molecular weight excluding hydrogens is 208 g/mol. The SMILES string of the molecule is CC#CCNC(=O)CSC1CCNCC1. The Morgan fingerprint density at radius 2 is 2.27 bits per heavy atom. The number of hydrogen-bond donors (Lipinski definition) is 2. The zero-order chi connectivity index (χ0) is 10.9. The average molecular weight is 226 g/mol. The smallest absolute Gasteiger partial charge is 0.230 e. The Balaban J connectivity index is 2.06. The lowest BCUT2D eigenvalue weighted by molar-refractivity contribution is -0.118. The molecule has 0 atom stereocenters. The molecule has 1 rings (SSSR count). The molecule has 84 valence electrons. The monoisotopic (exact) mass is 226 g/mol. The van der Waals surface area contributed by atoms with Gasteiger partial charge in [-0.1, -0.05) is 5.92 Å². The van der Waals surface area contributed by atoms with Gasteiger partial charge in [0.05, 0.1) is 12.3 Å². The van der Waals surface area contributed by atoms with Gasteiger partial charge in [-0.15, -0.1) is 17.7 Å². The van der Waals surface area contributed by atoms with Gasteiger partial charge in [0, 0.05) is 5.25 Å². The van der Waals surface area contributed by atoms with E-state index >= 15 is 0 Å². The van der Waals surface area contributed by atoms with Crippen LogP contribution in [0.25, 0.3) is 0 Å². The molecule has 0 aromatic heterocycles. The van der Waals surface area contributed by atoms with E-state index in [9.17, 15) is 4.79 Å². The molecule has 15 heavy (non-hydrogen) atoms. The molecule has 0 saturated carbocycles. The van der Waals surface area contributed by atoms with Crippen molar-refractivity contribution in [2.75, 3.05) is 25.4 Å². The number of nitrogens with one attached hydrogen (secondary N) is 2. The fourth-order valence-electron chi connectivity index (χ4n) is 1.44. The lowest BCUT2D eigenvalue weighted by atomic mass is 10.2. The molecule has 1 amide bonds. The molecule has 0 spiro atoms. The molecule has 0 unspecified atom stereocenters. The third-order valence-electron chi connectivity index (χ3n) is 2.29. The van der Waals surface area contributed by atoms with E-state index in [1.807, 2.05) is 0 Å². The van der Waals surface area contributed by atoms with Crippen molar-refractivity contribution in [2.24, 2.45) is 0 Å². The van der Waals surface area contributed by atoms with Crippen molar-refractivity contribution >= 4 is 17.7 Å². The first-order valence-electron chi connectivity index (χ1n) is 5.31. The minimum atomic E-state index is 0.0984. The highest BCUT2D eigenvalue weighted by atomic mass is 32.2. The number of carbonyl (C=O) groups is 1. The van der Waals surface area contributed by atoms with Gasteiger partial charge in [0.1, 0.15) is 0 Å². The van der Waals surface area contributed by atoms with Crippen LogP contribution < -0.4 is 10.6 Å². The van der Waals surface area contributed by atoms with E-state index in [0.717, 1.165) is 13.1 Å². The first-order chi connectivity index (χ1) is 7.33. The van der Waals surface area contributed by atoms with Gasteiger partial charge in [0.15, 0.2) is 0 Å². The van der Waals surface area contributed by atoms with Crippen molar-refractivity contribution in [3.63, 3.8) is 0 Å². The molecule has 1 aliphatic heterocycles. The Kier molecular flexibility index (Phi) is 6.29. The van der Waals surface area contributed by atoms with Crippen molar-refractivity contribution in [3.8, 4) is 11.8 Å². The molecule has 1 fully saturated rings. The molecule has 3 nitrogen and oxygen atoms in total. The summed E-state index contributed by atoms with van der Waals surface area (Å²) in [6, 6.07) is 0. The van der Waals surface area contributed by atoms with Crippen LogP contribution in [0.1, 0.15) is 19.8 Å². The molecule has 0 aromatic rings. The highest BCUT2D eigenvalue weighted by Gasteiger charge is 2.14. The third-order valence-corrected chi connectivity index (χ3v) is 3.66. The van der Waals surface area contributed by atoms with E-state index in [0.29, 0.717) is 17.5 Å². The van der Waals surface area contributed by atoms with Crippen molar-refractivity contribution in [3.05, 3.63) is 0 Å². The Morgan fingerprint density at radius 1 is 1.53 bits per heavy atom. The second kappa shape index (κ2) is 7.61. The standard InChI is InChI=1S/C11H18N2OS/c1-2-3-6-13-11(14)9-15-10-4-7-12-8-5-10/h10,12H,4-9H2,1H3,(H,13,14).